The Kier molecular flexibility index (Phi) is 5.68. The summed E-state index contributed by atoms with van der Waals surface area (Å²) in [5.41, 5.74) is 0.325. The molecule has 0 aliphatic heterocycles. The SMILES string of the molecule is CCCc1cnc2c(c1SCC(=O)Nc1cc(C)on1)c(=O)n(C)c(=O)n2C. The Hall–Kier alpha value is -2.88. The fraction of sp³-hybridized carbons (Fsp3) is 0.389. The quantitative estimate of drug-likeness (QED) is 0.622. The van der Waals surface area contributed by atoms with Crippen LogP contribution in [0.2, 0.25) is 0 Å². The second kappa shape index (κ2) is 8.01. The van der Waals surface area contributed by atoms with Crippen LogP contribution in [-0.2, 0) is 25.3 Å². The van der Waals surface area contributed by atoms with Crippen LogP contribution in [0.1, 0.15) is 24.7 Å². The van der Waals surface area contributed by atoms with Crippen molar-refractivity contribution in [2.24, 2.45) is 14.1 Å². The zero-order valence-electron chi connectivity index (χ0n) is 16.1. The molecule has 0 saturated heterocycles. The van der Waals surface area contributed by atoms with Crippen LogP contribution in [0.4, 0.5) is 5.82 Å². The number of amides is 1. The minimum atomic E-state index is -0.441. The first-order valence-electron chi connectivity index (χ1n) is 8.77. The van der Waals surface area contributed by atoms with E-state index in [2.05, 4.69) is 15.5 Å². The van der Waals surface area contributed by atoms with E-state index in [1.807, 2.05) is 6.92 Å². The highest BCUT2D eigenvalue weighted by Gasteiger charge is 2.18. The van der Waals surface area contributed by atoms with Gasteiger partial charge < -0.3 is 9.84 Å². The molecule has 28 heavy (non-hydrogen) atoms. The smallest absolute Gasteiger partial charge is 0.332 e. The molecule has 9 nitrogen and oxygen atoms in total. The molecule has 0 aliphatic carbocycles. The van der Waals surface area contributed by atoms with E-state index in [0.717, 1.165) is 16.6 Å². The number of aryl methyl sites for hydroxylation is 3. The molecule has 0 aromatic carbocycles. The van der Waals surface area contributed by atoms with Gasteiger partial charge in [-0.15, -0.1) is 11.8 Å². The van der Waals surface area contributed by atoms with E-state index in [-0.39, 0.29) is 11.7 Å². The van der Waals surface area contributed by atoms with Crippen LogP contribution in [0.3, 0.4) is 0 Å². The topological polar surface area (TPSA) is 112 Å². The molecule has 0 aliphatic rings. The molecule has 0 atom stereocenters. The van der Waals surface area contributed by atoms with Gasteiger partial charge >= 0.3 is 5.69 Å². The summed E-state index contributed by atoms with van der Waals surface area (Å²) in [5.74, 6) is 0.744. The van der Waals surface area contributed by atoms with Crippen LogP contribution >= 0.6 is 11.8 Å². The number of carbonyl (C=O) groups is 1. The van der Waals surface area contributed by atoms with Crippen molar-refractivity contribution < 1.29 is 9.32 Å². The summed E-state index contributed by atoms with van der Waals surface area (Å²) in [6.45, 7) is 3.76. The minimum absolute atomic E-state index is 0.0771. The zero-order chi connectivity index (χ0) is 20.4. The summed E-state index contributed by atoms with van der Waals surface area (Å²) in [6, 6.07) is 1.62. The first-order chi connectivity index (χ1) is 13.3. The van der Waals surface area contributed by atoms with Crippen molar-refractivity contribution in [1.29, 1.82) is 0 Å². The molecule has 3 aromatic rings. The molecule has 1 N–H and O–H groups in total. The van der Waals surface area contributed by atoms with Crippen LogP contribution in [0.15, 0.2) is 31.3 Å². The number of aromatic nitrogens is 4. The molecule has 3 heterocycles. The molecule has 1 amide bonds. The zero-order valence-corrected chi connectivity index (χ0v) is 16.9. The fourth-order valence-corrected chi connectivity index (χ4v) is 3.91. The van der Waals surface area contributed by atoms with Crippen LogP contribution in [0.25, 0.3) is 11.0 Å². The summed E-state index contributed by atoms with van der Waals surface area (Å²) >= 11 is 1.25. The minimum Gasteiger partial charge on any atom is -0.360 e. The van der Waals surface area contributed by atoms with E-state index in [9.17, 15) is 14.4 Å². The maximum atomic E-state index is 12.8. The summed E-state index contributed by atoms with van der Waals surface area (Å²) in [6.07, 6.45) is 3.24. The highest BCUT2D eigenvalue weighted by atomic mass is 32.2. The van der Waals surface area contributed by atoms with Crippen LogP contribution in [-0.4, -0.2) is 30.9 Å². The number of rotatable bonds is 6. The van der Waals surface area contributed by atoms with Gasteiger partial charge in [0.1, 0.15) is 11.4 Å². The Labute approximate surface area is 164 Å². The van der Waals surface area contributed by atoms with Crippen LogP contribution < -0.4 is 16.6 Å². The first-order valence-corrected chi connectivity index (χ1v) is 9.75. The maximum absolute atomic E-state index is 12.8. The van der Waals surface area contributed by atoms with Gasteiger partial charge in [-0.25, -0.2) is 9.78 Å². The second-order valence-electron chi connectivity index (χ2n) is 6.43. The summed E-state index contributed by atoms with van der Waals surface area (Å²) in [7, 11) is 3.01. The highest BCUT2D eigenvalue weighted by molar-refractivity contribution is 8.00. The van der Waals surface area contributed by atoms with Crippen LogP contribution in [0.5, 0.6) is 0 Å². The molecule has 10 heteroatoms. The summed E-state index contributed by atoms with van der Waals surface area (Å²) < 4.78 is 7.33. The number of thioether (sulfide) groups is 1. The lowest BCUT2D eigenvalue weighted by molar-refractivity contribution is -0.113. The standard InChI is InChI=1S/C18H21N5O4S/c1-5-6-11-8-19-16-14(17(25)23(4)18(26)22(16)3)15(11)28-9-13(24)20-12-7-10(2)27-21-12/h7-8H,5-6,9H2,1-4H3,(H,20,21,24). The van der Waals surface area contributed by atoms with Crippen LogP contribution in [0, 0.1) is 6.92 Å². The molecule has 3 aromatic heterocycles. The van der Waals surface area contributed by atoms with Gasteiger partial charge in [-0.2, -0.15) is 0 Å². The summed E-state index contributed by atoms with van der Waals surface area (Å²) in [5, 5.41) is 6.75. The molecule has 0 bridgehead atoms. The third-order valence-corrected chi connectivity index (χ3v) is 5.42. The molecule has 0 saturated carbocycles. The van der Waals surface area contributed by atoms with E-state index in [1.54, 1.807) is 26.2 Å². The van der Waals surface area contributed by atoms with Crippen molar-refractivity contribution >= 4 is 34.5 Å². The summed E-state index contributed by atoms with van der Waals surface area (Å²) in [4.78, 5) is 42.3. The number of anilines is 1. The van der Waals surface area contributed by atoms with Gasteiger partial charge in [-0.3, -0.25) is 18.7 Å². The van der Waals surface area contributed by atoms with E-state index >= 15 is 0 Å². The Morgan fingerprint density at radius 1 is 1.29 bits per heavy atom. The van der Waals surface area contributed by atoms with Gasteiger partial charge in [-0.05, 0) is 18.9 Å². The molecule has 3 rings (SSSR count). The molecule has 148 valence electrons. The lowest BCUT2D eigenvalue weighted by atomic mass is 10.1. The van der Waals surface area contributed by atoms with E-state index < -0.39 is 11.2 Å². The maximum Gasteiger partial charge on any atom is 0.332 e. The molecule has 0 unspecified atom stereocenters. The number of pyridine rings is 1. The number of hydrogen-bond acceptors (Lipinski definition) is 7. The molecule has 0 radical (unpaired) electrons. The average Bonchev–Trinajstić information content (AvgIpc) is 3.08. The molecular formula is C18H21N5O4S. The van der Waals surface area contributed by atoms with Crippen molar-refractivity contribution in [3.05, 3.63) is 44.4 Å². The monoisotopic (exact) mass is 403 g/mol. The Morgan fingerprint density at radius 3 is 2.68 bits per heavy atom. The molecular weight excluding hydrogens is 382 g/mol. The van der Waals surface area contributed by atoms with Gasteiger partial charge in [0, 0.05) is 31.3 Å². The number of nitrogens with one attached hydrogen (secondary N) is 1. The third kappa shape index (κ3) is 3.72. The van der Waals surface area contributed by atoms with E-state index in [0.29, 0.717) is 33.9 Å². The number of nitrogens with zero attached hydrogens (tertiary/aromatic N) is 4. The predicted octanol–water partition coefficient (Wildman–Crippen LogP) is 1.61. The number of carbonyl (C=O) groups excluding carboxylic acids is 1. The van der Waals surface area contributed by atoms with Crippen molar-refractivity contribution in [3.8, 4) is 0 Å². The third-order valence-electron chi connectivity index (χ3n) is 4.26. The van der Waals surface area contributed by atoms with Gasteiger partial charge in [0.05, 0.1) is 11.1 Å². The van der Waals surface area contributed by atoms with Crippen molar-refractivity contribution in [3.63, 3.8) is 0 Å². The van der Waals surface area contributed by atoms with Crippen molar-refractivity contribution in [1.82, 2.24) is 19.3 Å². The van der Waals surface area contributed by atoms with Gasteiger partial charge in [0.2, 0.25) is 5.91 Å². The van der Waals surface area contributed by atoms with E-state index in [1.165, 1.54) is 23.4 Å². The fourth-order valence-electron chi connectivity index (χ4n) is 2.90. The largest absolute Gasteiger partial charge is 0.360 e. The lowest BCUT2D eigenvalue weighted by Gasteiger charge is -2.14. The van der Waals surface area contributed by atoms with Crippen molar-refractivity contribution in [2.75, 3.05) is 11.1 Å². The highest BCUT2D eigenvalue weighted by Crippen LogP contribution is 2.29. The Morgan fingerprint density at radius 2 is 2.04 bits per heavy atom. The number of hydrogen-bond donors (Lipinski definition) is 1. The van der Waals surface area contributed by atoms with Crippen molar-refractivity contribution in [2.45, 2.75) is 31.6 Å². The van der Waals surface area contributed by atoms with Gasteiger partial charge in [-0.1, -0.05) is 18.5 Å². The normalized spacial score (nSPS) is 11.1. The lowest BCUT2D eigenvalue weighted by Crippen LogP contribution is -2.37. The average molecular weight is 403 g/mol. The molecule has 0 fully saturated rings. The predicted molar refractivity (Wildman–Crippen MR) is 107 cm³/mol. The number of fused-ring (bicyclic) bond motifs is 1. The van der Waals surface area contributed by atoms with Gasteiger partial charge in [0.15, 0.2) is 5.82 Å². The Balaban J connectivity index is 2.00. The Bertz CT molecular complexity index is 1160. The van der Waals surface area contributed by atoms with E-state index in [4.69, 9.17) is 4.52 Å². The van der Waals surface area contributed by atoms with Gasteiger partial charge in [0.25, 0.3) is 5.56 Å². The second-order valence-corrected chi connectivity index (χ2v) is 7.41. The molecule has 0 spiro atoms. The first kappa shape index (κ1) is 19.9.